The van der Waals surface area contributed by atoms with Gasteiger partial charge in [0, 0.05) is 12.8 Å². The van der Waals surface area contributed by atoms with Crippen molar-refractivity contribution in [1.82, 2.24) is 0 Å². The van der Waals surface area contributed by atoms with Crippen LogP contribution in [0.3, 0.4) is 0 Å². The maximum atomic E-state index is 10.9. The first kappa shape index (κ1) is 11.9. The van der Waals surface area contributed by atoms with Gasteiger partial charge in [0.05, 0.1) is 6.10 Å². The number of esters is 1. The Morgan fingerprint density at radius 1 is 1.60 bits per heavy atom. The lowest BCUT2D eigenvalue weighted by Gasteiger charge is -2.17. The van der Waals surface area contributed by atoms with Crippen LogP contribution in [0.2, 0.25) is 0 Å². The van der Waals surface area contributed by atoms with Crippen LogP contribution in [-0.4, -0.2) is 30.5 Å². The summed E-state index contributed by atoms with van der Waals surface area (Å²) in [6.45, 7) is 5.22. The van der Waals surface area contributed by atoms with E-state index >= 15 is 0 Å². The number of aliphatic imine (C=N–C) groups is 1. The molecule has 1 saturated heterocycles. The van der Waals surface area contributed by atoms with Gasteiger partial charge in [-0.25, -0.2) is 4.79 Å². The molecule has 0 amide bonds. The van der Waals surface area contributed by atoms with E-state index in [9.17, 15) is 9.59 Å². The van der Waals surface area contributed by atoms with Gasteiger partial charge in [0.25, 0.3) is 0 Å². The number of hydrogen-bond donors (Lipinski definition) is 0. The molecule has 1 unspecified atom stereocenters. The largest absolute Gasteiger partial charge is 0.457 e. The summed E-state index contributed by atoms with van der Waals surface area (Å²) >= 11 is 0. The zero-order valence-electron chi connectivity index (χ0n) is 9.10. The topological polar surface area (TPSA) is 65.0 Å². The zero-order valence-corrected chi connectivity index (χ0v) is 9.10. The van der Waals surface area contributed by atoms with Crippen LogP contribution in [0.25, 0.3) is 0 Å². The molecule has 1 aliphatic heterocycles. The molecule has 5 heteroatoms. The normalized spacial score (nSPS) is 34.6. The Hall–Kier alpha value is -1.19. The van der Waals surface area contributed by atoms with E-state index in [-0.39, 0.29) is 12.0 Å². The summed E-state index contributed by atoms with van der Waals surface area (Å²) in [7, 11) is 0. The third-order valence-electron chi connectivity index (χ3n) is 2.58. The minimum absolute atomic E-state index is 0.0311. The summed E-state index contributed by atoms with van der Waals surface area (Å²) in [6.07, 6.45) is 1.02. The molecule has 5 nitrogen and oxygen atoms in total. The Bertz CT molecular complexity index is 285. The second-order valence-corrected chi connectivity index (χ2v) is 3.63. The van der Waals surface area contributed by atoms with E-state index in [1.54, 1.807) is 0 Å². The average molecular weight is 213 g/mol. The van der Waals surface area contributed by atoms with Gasteiger partial charge in [0.15, 0.2) is 12.3 Å². The molecule has 0 aromatic rings. The summed E-state index contributed by atoms with van der Waals surface area (Å²) in [4.78, 5) is 24.6. The third kappa shape index (κ3) is 2.64. The quantitative estimate of drug-likeness (QED) is 0.399. The van der Waals surface area contributed by atoms with Crippen LogP contribution in [-0.2, 0) is 19.1 Å². The first-order chi connectivity index (χ1) is 7.10. The van der Waals surface area contributed by atoms with Crippen LogP contribution >= 0.6 is 0 Å². The van der Waals surface area contributed by atoms with Crippen molar-refractivity contribution in [3.63, 3.8) is 0 Å². The molecule has 1 aliphatic rings. The minimum Gasteiger partial charge on any atom is -0.457 e. The van der Waals surface area contributed by atoms with Gasteiger partial charge in [-0.1, -0.05) is 13.8 Å². The Kier molecular flexibility index (Phi) is 4.00. The van der Waals surface area contributed by atoms with E-state index in [0.29, 0.717) is 0 Å². The van der Waals surface area contributed by atoms with Crippen molar-refractivity contribution in [2.24, 2.45) is 10.9 Å². The third-order valence-corrected chi connectivity index (χ3v) is 2.58. The van der Waals surface area contributed by atoms with E-state index in [2.05, 4.69) is 4.99 Å². The Labute approximate surface area is 88.5 Å². The molecule has 0 aromatic carbocycles. The number of hydrogen-bond acceptors (Lipinski definition) is 5. The van der Waals surface area contributed by atoms with Crippen molar-refractivity contribution in [3.05, 3.63) is 0 Å². The summed E-state index contributed by atoms with van der Waals surface area (Å²) in [6, 6.07) is 0. The molecular weight excluding hydrogens is 198 g/mol. The van der Waals surface area contributed by atoms with Crippen molar-refractivity contribution in [2.45, 2.75) is 45.6 Å². The molecule has 0 aromatic heterocycles. The molecule has 0 N–H and O–H groups in total. The fraction of sp³-hybridized carbons (Fsp3) is 0.800. The first-order valence-corrected chi connectivity index (χ1v) is 4.99. The van der Waals surface area contributed by atoms with Crippen molar-refractivity contribution in [3.8, 4) is 0 Å². The van der Waals surface area contributed by atoms with Crippen LogP contribution in [0.15, 0.2) is 4.99 Å². The van der Waals surface area contributed by atoms with E-state index < -0.39 is 18.3 Å². The van der Waals surface area contributed by atoms with Gasteiger partial charge in [-0.15, -0.1) is 0 Å². The Morgan fingerprint density at radius 2 is 2.27 bits per heavy atom. The van der Waals surface area contributed by atoms with Gasteiger partial charge < -0.3 is 9.47 Å². The lowest BCUT2D eigenvalue weighted by Crippen LogP contribution is -2.29. The molecule has 15 heavy (non-hydrogen) atoms. The SMILES string of the molecule is CC[C@H]1O[C@@H](N=C=O)C(OC(C)=O)[C@H]1C. The molecular formula is C10H15NO4. The monoisotopic (exact) mass is 213 g/mol. The van der Waals surface area contributed by atoms with Crippen molar-refractivity contribution in [1.29, 1.82) is 0 Å². The molecule has 4 atom stereocenters. The highest BCUT2D eigenvalue weighted by molar-refractivity contribution is 5.66. The number of carbonyl (C=O) groups is 1. The van der Waals surface area contributed by atoms with E-state index in [1.807, 2.05) is 13.8 Å². The second-order valence-electron chi connectivity index (χ2n) is 3.63. The van der Waals surface area contributed by atoms with Crippen LogP contribution < -0.4 is 0 Å². The maximum absolute atomic E-state index is 10.9. The fourth-order valence-electron chi connectivity index (χ4n) is 1.83. The number of nitrogens with zero attached hydrogens (tertiary/aromatic N) is 1. The van der Waals surface area contributed by atoms with Gasteiger partial charge in [-0.3, -0.25) is 4.79 Å². The number of ether oxygens (including phenoxy) is 2. The van der Waals surface area contributed by atoms with Crippen LogP contribution in [0, 0.1) is 5.92 Å². The predicted molar refractivity (Wildman–Crippen MR) is 51.8 cm³/mol. The summed E-state index contributed by atoms with van der Waals surface area (Å²) in [5.74, 6) is -0.348. The second kappa shape index (κ2) is 5.05. The van der Waals surface area contributed by atoms with Gasteiger partial charge >= 0.3 is 5.97 Å². The maximum Gasteiger partial charge on any atom is 0.303 e. The zero-order chi connectivity index (χ0) is 11.4. The highest BCUT2D eigenvalue weighted by Crippen LogP contribution is 2.31. The summed E-state index contributed by atoms with van der Waals surface area (Å²) in [5, 5.41) is 0. The Balaban J connectivity index is 2.77. The first-order valence-electron chi connectivity index (χ1n) is 4.99. The molecule has 1 rings (SSSR count). The van der Waals surface area contributed by atoms with Crippen molar-refractivity contribution >= 4 is 12.0 Å². The van der Waals surface area contributed by atoms with Gasteiger partial charge in [-0.05, 0) is 6.42 Å². The molecule has 0 spiro atoms. The lowest BCUT2D eigenvalue weighted by atomic mass is 9.99. The van der Waals surface area contributed by atoms with Crippen LogP contribution in [0.1, 0.15) is 27.2 Å². The highest BCUT2D eigenvalue weighted by Gasteiger charge is 2.43. The number of carbonyl (C=O) groups excluding carboxylic acids is 2. The van der Waals surface area contributed by atoms with E-state index in [4.69, 9.17) is 9.47 Å². The number of rotatable bonds is 3. The highest BCUT2D eigenvalue weighted by atomic mass is 16.6. The van der Waals surface area contributed by atoms with Gasteiger partial charge in [-0.2, -0.15) is 4.99 Å². The standard InChI is InChI=1S/C10H15NO4/c1-4-8-6(2)9(14-7(3)13)10(15-8)11-5-12/h6,8-10H,4H2,1-3H3/t6-,8+,9?,10+/m0/s1. The fourth-order valence-corrected chi connectivity index (χ4v) is 1.83. The molecule has 84 valence electrons. The molecule has 1 heterocycles. The summed E-state index contributed by atoms with van der Waals surface area (Å²) in [5.41, 5.74) is 0. The average Bonchev–Trinajstić information content (AvgIpc) is 2.46. The molecule has 0 radical (unpaired) electrons. The van der Waals surface area contributed by atoms with Crippen molar-refractivity contribution in [2.75, 3.05) is 0 Å². The number of isocyanates is 1. The molecule has 0 saturated carbocycles. The summed E-state index contributed by atoms with van der Waals surface area (Å²) < 4.78 is 10.6. The lowest BCUT2D eigenvalue weighted by molar-refractivity contribution is -0.150. The molecule has 0 bridgehead atoms. The van der Waals surface area contributed by atoms with Gasteiger partial charge in [0.2, 0.25) is 6.08 Å². The molecule has 1 fully saturated rings. The van der Waals surface area contributed by atoms with E-state index in [1.165, 1.54) is 13.0 Å². The van der Waals surface area contributed by atoms with Gasteiger partial charge in [0.1, 0.15) is 0 Å². The van der Waals surface area contributed by atoms with Crippen molar-refractivity contribution < 1.29 is 19.1 Å². The van der Waals surface area contributed by atoms with Crippen LogP contribution in [0.4, 0.5) is 0 Å². The smallest absolute Gasteiger partial charge is 0.303 e. The minimum atomic E-state index is -0.702. The van der Waals surface area contributed by atoms with Crippen LogP contribution in [0.5, 0.6) is 0 Å². The predicted octanol–water partition coefficient (Wildman–Crippen LogP) is 1.02. The van der Waals surface area contributed by atoms with E-state index in [0.717, 1.165) is 6.42 Å². The molecule has 0 aliphatic carbocycles. The Morgan fingerprint density at radius 3 is 2.73 bits per heavy atom.